The molecular weight excluding hydrogens is 318 g/mol. The lowest BCUT2D eigenvalue weighted by Gasteiger charge is -2.16. The van der Waals surface area contributed by atoms with Gasteiger partial charge in [-0.25, -0.2) is 4.98 Å². The Morgan fingerprint density at radius 1 is 1.17 bits per heavy atom. The Labute approximate surface area is 142 Å². The fraction of sp³-hybridized carbons (Fsp3) is 0.333. The van der Waals surface area contributed by atoms with Crippen molar-refractivity contribution in [1.82, 2.24) is 14.5 Å². The smallest absolute Gasteiger partial charge is 0.258 e. The van der Waals surface area contributed by atoms with Gasteiger partial charge in [-0.15, -0.1) is 0 Å². The molecule has 0 aliphatic rings. The van der Waals surface area contributed by atoms with Gasteiger partial charge in [0.15, 0.2) is 0 Å². The maximum absolute atomic E-state index is 12.2. The number of hydrogen-bond donors (Lipinski definition) is 1. The van der Waals surface area contributed by atoms with E-state index in [-0.39, 0.29) is 5.56 Å². The summed E-state index contributed by atoms with van der Waals surface area (Å²) in [5.74, 6) is 0.644. The molecule has 0 fully saturated rings. The number of H-pyrrole nitrogens is 1. The van der Waals surface area contributed by atoms with Crippen molar-refractivity contribution in [1.29, 1.82) is 0 Å². The van der Waals surface area contributed by atoms with Gasteiger partial charge in [-0.2, -0.15) is 0 Å². The van der Waals surface area contributed by atoms with Gasteiger partial charge in [0, 0.05) is 20.9 Å². The molecule has 0 saturated heterocycles. The van der Waals surface area contributed by atoms with Crippen LogP contribution >= 0.6 is 0 Å². The van der Waals surface area contributed by atoms with Gasteiger partial charge in [0.05, 0.1) is 16.6 Å². The second-order valence-corrected chi connectivity index (χ2v) is 12.7. The number of aromatic nitrogens is 3. The first kappa shape index (κ1) is 16.7. The van der Waals surface area contributed by atoms with E-state index >= 15 is 0 Å². The van der Waals surface area contributed by atoms with Crippen LogP contribution in [-0.2, 0) is 11.5 Å². The number of para-hydroxylation sites is 2. The third kappa shape index (κ3) is 3.65. The fourth-order valence-corrected chi connectivity index (χ4v) is 3.30. The number of nitrogens with zero attached hydrogens (tertiary/aromatic N) is 2. The quantitative estimate of drug-likeness (QED) is 0.549. The average Bonchev–Trinajstić information content (AvgIpc) is 2.90. The summed E-state index contributed by atoms with van der Waals surface area (Å²) in [7, 11) is -1.12. The van der Waals surface area contributed by atoms with E-state index in [1.54, 1.807) is 12.3 Å². The second kappa shape index (κ2) is 6.74. The van der Waals surface area contributed by atoms with Gasteiger partial charge in [0.2, 0.25) is 0 Å². The predicted molar refractivity (Wildman–Crippen MR) is 99.9 cm³/mol. The molecule has 0 aliphatic heterocycles. The van der Waals surface area contributed by atoms with Crippen LogP contribution < -0.4 is 5.56 Å². The van der Waals surface area contributed by atoms with E-state index in [1.807, 2.05) is 34.9 Å². The molecule has 0 spiro atoms. The number of hydrogen-bond acceptors (Lipinski definition) is 3. The molecule has 24 heavy (non-hydrogen) atoms. The van der Waals surface area contributed by atoms with Crippen LogP contribution in [0.1, 0.15) is 0 Å². The predicted octanol–water partition coefficient (Wildman–Crippen LogP) is 3.70. The third-order valence-electron chi connectivity index (χ3n) is 3.93. The summed E-state index contributed by atoms with van der Waals surface area (Å²) in [6.45, 7) is 8.12. The zero-order valence-electron chi connectivity index (χ0n) is 14.4. The number of pyridine rings is 1. The molecule has 0 amide bonds. The first-order valence-electron chi connectivity index (χ1n) is 8.17. The van der Waals surface area contributed by atoms with Gasteiger partial charge in [-0.3, -0.25) is 9.36 Å². The van der Waals surface area contributed by atoms with Crippen molar-refractivity contribution in [3.8, 4) is 11.4 Å². The Morgan fingerprint density at radius 2 is 1.96 bits per heavy atom. The first-order valence-corrected chi connectivity index (χ1v) is 11.9. The minimum Gasteiger partial charge on any atom is -0.361 e. The highest BCUT2D eigenvalue weighted by molar-refractivity contribution is 6.76. The Kier molecular flexibility index (Phi) is 4.68. The molecule has 0 unspecified atom stereocenters. The fourth-order valence-electron chi connectivity index (χ4n) is 2.54. The number of rotatable bonds is 6. The molecule has 2 aromatic heterocycles. The lowest BCUT2D eigenvalue weighted by Crippen LogP contribution is -2.22. The number of nitrogens with one attached hydrogen (secondary N) is 1. The van der Waals surface area contributed by atoms with E-state index in [1.165, 1.54) is 0 Å². The number of aromatic amines is 1. The second-order valence-electron chi connectivity index (χ2n) is 7.11. The highest BCUT2D eigenvalue weighted by atomic mass is 28.3. The summed E-state index contributed by atoms with van der Waals surface area (Å²) in [5, 5.41) is 0. The monoisotopic (exact) mass is 341 g/mol. The van der Waals surface area contributed by atoms with Crippen LogP contribution in [0, 0.1) is 0 Å². The van der Waals surface area contributed by atoms with Crippen LogP contribution in [0.4, 0.5) is 0 Å². The molecule has 6 heteroatoms. The Bertz CT molecular complexity index is 893. The first-order chi connectivity index (χ1) is 11.5. The zero-order valence-corrected chi connectivity index (χ0v) is 15.4. The van der Waals surface area contributed by atoms with Crippen LogP contribution in [0.15, 0.2) is 47.4 Å². The lowest BCUT2D eigenvalue weighted by molar-refractivity contribution is 0.0909. The zero-order chi connectivity index (χ0) is 17.2. The summed E-state index contributed by atoms with van der Waals surface area (Å²) >= 11 is 0. The number of ether oxygens (including phenoxy) is 1. The largest absolute Gasteiger partial charge is 0.361 e. The van der Waals surface area contributed by atoms with Crippen LogP contribution in [0.25, 0.3) is 22.4 Å². The van der Waals surface area contributed by atoms with Crippen LogP contribution in [0.2, 0.25) is 25.7 Å². The molecule has 0 atom stereocenters. The van der Waals surface area contributed by atoms with Crippen LogP contribution in [0.3, 0.4) is 0 Å². The summed E-state index contributed by atoms with van der Waals surface area (Å²) in [6.07, 6.45) is 1.63. The van der Waals surface area contributed by atoms with Crippen molar-refractivity contribution in [3.63, 3.8) is 0 Å². The minimum absolute atomic E-state index is 0.142. The molecule has 0 saturated carbocycles. The molecule has 2 heterocycles. The van der Waals surface area contributed by atoms with E-state index in [4.69, 9.17) is 4.74 Å². The van der Waals surface area contributed by atoms with Gasteiger partial charge in [-0.05, 0) is 30.3 Å². The molecule has 0 bridgehead atoms. The Hall–Kier alpha value is -2.18. The van der Waals surface area contributed by atoms with E-state index < -0.39 is 8.07 Å². The summed E-state index contributed by atoms with van der Waals surface area (Å²) in [5.41, 5.74) is 2.26. The van der Waals surface area contributed by atoms with Crippen molar-refractivity contribution >= 4 is 19.1 Å². The molecule has 3 aromatic rings. The molecule has 1 N–H and O–H groups in total. The molecule has 126 valence electrons. The highest BCUT2D eigenvalue weighted by Crippen LogP contribution is 2.22. The van der Waals surface area contributed by atoms with Crippen LogP contribution in [-0.4, -0.2) is 29.2 Å². The molecule has 5 nitrogen and oxygen atoms in total. The molecule has 3 rings (SSSR count). The van der Waals surface area contributed by atoms with Crippen molar-refractivity contribution in [2.24, 2.45) is 0 Å². The van der Waals surface area contributed by atoms with Gasteiger partial charge < -0.3 is 9.72 Å². The summed E-state index contributed by atoms with van der Waals surface area (Å²) in [6, 6.07) is 12.6. The van der Waals surface area contributed by atoms with Crippen molar-refractivity contribution in [3.05, 3.63) is 52.9 Å². The van der Waals surface area contributed by atoms with Gasteiger partial charge in [0.1, 0.15) is 12.6 Å². The Morgan fingerprint density at radius 3 is 2.71 bits per heavy atom. The summed E-state index contributed by atoms with van der Waals surface area (Å²) in [4.78, 5) is 19.5. The molecule has 0 radical (unpaired) electrons. The van der Waals surface area contributed by atoms with E-state index in [0.717, 1.165) is 23.7 Å². The maximum Gasteiger partial charge on any atom is 0.258 e. The minimum atomic E-state index is -1.12. The van der Waals surface area contributed by atoms with Gasteiger partial charge in [-0.1, -0.05) is 31.8 Å². The standard InChI is InChI=1S/C18H23N3O2Si/c1-24(2,3)12-11-23-13-21-16-9-5-4-8-15(16)20-17(21)14-7-6-10-19-18(14)22/h4-10H,11-13H2,1-3H3,(H,19,22). The van der Waals surface area contributed by atoms with Crippen molar-refractivity contribution < 1.29 is 4.74 Å². The van der Waals surface area contributed by atoms with Gasteiger partial charge in [0.25, 0.3) is 5.56 Å². The highest BCUT2D eigenvalue weighted by Gasteiger charge is 2.16. The SMILES string of the molecule is C[Si](C)(C)CCOCn1c(-c2ccc[nH]c2=O)nc2ccccc21. The van der Waals surface area contributed by atoms with E-state index in [9.17, 15) is 4.79 Å². The van der Waals surface area contributed by atoms with E-state index in [2.05, 4.69) is 29.6 Å². The van der Waals surface area contributed by atoms with Gasteiger partial charge >= 0.3 is 0 Å². The van der Waals surface area contributed by atoms with E-state index in [0.29, 0.717) is 18.1 Å². The average molecular weight is 341 g/mol. The molecule has 1 aromatic carbocycles. The molecule has 0 aliphatic carbocycles. The number of fused-ring (bicyclic) bond motifs is 1. The Balaban J connectivity index is 1.94. The third-order valence-corrected chi connectivity index (χ3v) is 5.63. The normalized spacial score (nSPS) is 12.0. The number of imidazole rings is 1. The van der Waals surface area contributed by atoms with Crippen molar-refractivity contribution in [2.75, 3.05) is 6.61 Å². The lowest BCUT2D eigenvalue weighted by atomic mass is 10.2. The van der Waals surface area contributed by atoms with Crippen LogP contribution in [0.5, 0.6) is 0 Å². The number of benzene rings is 1. The maximum atomic E-state index is 12.2. The van der Waals surface area contributed by atoms with Crippen molar-refractivity contribution in [2.45, 2.75) is 32.4 Å². The topological polar surface area (TPSA) is 59.9 Å². The molecular formula is C18H23N3O2Si. The summed E-state index contributed by atoms with van der Waals surface area (Å²) < 4.78 is 7.89.